The van der Waals surface area contributed by atoms with Crippen LogP contribution in [0.25, 0.3) is 33.0 Å². The second kappa shape index (κ2) is 18.8. The van der Waals surface area contributed by atoms with Crippen LogP contribution in [0.15, 0.2) is 133 Å². The van der Waals surface area contributed by atoms with Crippen LogP contribution in [0.5, 0.6) is 17.2 Å². The van der Waals surface area contributed by atoms with Crippen LogP contribution in [0, 0.1) is 35.5 Å². The molecule has 0 aliphatic heterocycles. The van der Waals surface area contributed by atoms with Crippen molar-refractivity contribution in [3.05, 3.63) is 150 Å². The second-order valence-electron chi connectivity index (χ2n) is 13.2. The van der Waals surface area contributed by atoms with Crippen LogP contribution in [0.2, 0.25) is 0 Å². The second-order valence-corrected chi connectivity index (χ2v) is 13.2. The highest BCUT2D eigenvalue weighted by atomic mass is 16.5. The van der Waals surface area contributed by atoms with Gasteiger partial charge in [-0.05, 0) is 124 Å². The van der Waals surface area contributed by atoms with Crippen molar-refractivity contribution in [1.82, 2.24) is 0 Å². The zero-order valence-electron chi connectivity index (χ0n) is 30.8. The molecule has 0 saturated carbocycles. The number of ether oxygens (including phenoxy) is 3. The largest absolute Gasteiger partial charge is 0.493 e. The van der Waals surface area contributed by atoms with E-state index in [-0.39, 0.29) is 0 Å². The Balaban J connectivity index is 0.000000208. The number of terminal acetylenes is 1. The van der Waals surface area contributed by atoms with Crippen LogP contribution in [-0.2, 0) is 0 Å². The van der Waals surface area contributed by atoms with Gasteiger partial charge in [-0.3, -0.25) is 0 Å². The number of hydrogen-bond donors (Lipinski definition) is 0. The molecule has 266 valence electrons. The Labute approximate surface area is 313 Å². The molecule has 0 bridgehead atoms. The van der Waals surface area contributed by atoms with Crippen molar-refractivity contribution in [3.8, 4) is 57.9 Å². The molecule has 0 radical (unpaired) electrons. The van der Waals surface area contributed by atoms with Gasteiger partial charge < -0.3 is 14.2 Å². The molecule has 6 rings (SSSR count). The van der Waals surface area contributed by atoms with Crippen LogP contribution < -0.4 is 14.2 Å². The van der Waals surface area contributed by atoms with Crippen LogP contribution in [0.4, 0.5) is 0 Å². The van der Waals surface area contributed by atoms with E-state index >= 15 is 0 Å². The van der Waals surface area contributed by atoms with Gasteiger partial charge in [0.05, 0.1) is 30.4 Å². The van der Waals surface area contributed by atoms with Gasteiger partial charge in [0.25, 0.3) is 0 Å². The average Bonchev–Trinajstić information content (AvgIpc) is 3.22. The van der Waals surface area contributed by atoms with Gasteiger partial charge in [0.2, 0.25) is 0 Å². The molecule has 2 unspecified atom stereocenters. The first-order valence-corrected chi connectivity index (χ1v) is 18.1. The Kier molecular flexibility index (Phi) is 13.5. The molecule has 6 aromatic rings. The first-order valence-electron chi connectivity index (χ1n) is 18.1. The van der Waals surface area contributed by atoms with E-state index in [9.17, 15) is 4.79 Å². The van der Waals surface area contributed by atoms with Gasteiger partial charge in [-0.25, -0.2) is 4.79 Å². The van der Waals surface area contributed by atoms with Crippen molar-refractivity contribution in [2.24, 2.45) is 11.8 Å². The van der Waals surface area contributed by atoms with Crippen molar-refractivity contribution in [1.29, 1.82) is 5.26 Å². The Hall–Kier alpha value is -6.30. The highest BCUT2D eigenvalue weighted by Gasteiger charge is 2.10. The Morgan fingerprint density at radius 1 is 0.585 bits per heavy atom. The maximum atomic E-state index is 12.4. The molecule has 0 aromatic heterocycles. The molecule has 0 heterocycles. The summed E-state index contributed by atoms with van der Waals surface area (Å²) in [5, 5.41) is 11.3. The molecule has 0 N–H and O–H groups in total. The van der Waals surface area contributed by atoms with E-state index in [1.165, 1.54) is 21.9 Å². The quantitative estimate of drug-likeness (QED) is 0.0722. The lowest BCUT2D eigenvalue weighted by molar-refractivity contribution is 0.0734. The Morgan fingerprint density at radius 3 is 1.60 bits per heavy atom. The van der Waals surface area contributed by atoms with Crippen LogP contribution >= 0.6 is 0 Å². The van der Waals surface area contributed by atoms with Crippen molar-refractivity contribution in [2.45, 2.75) is 40.5 Å². The molecular weight excluding hydrogens is 655 g/mol. The number of rotatable bonds is 12. The van der Waals surface area contributed by atoms with E-state index in [0.717, 1.165) is 47.6 Å². The van der Waals surface area contributed by atoms with E-state index in [1.54, 1.807) is 48.5 Å². The van der Waals surface area contributed by atoms with Gasteiger partial charge in [-0.2, -0.15) is 5.26 Å². The fourth-order valence-corrected chi connectivity index (χ4v) is 5.27. The van der Waals surface area contributed by atoms with E-state index in [2.05, 4.69) is 88.2 Å². The summed E-state index contributed by atoms with van der Waals surface area (Å²) in [6, 6.07) is 44.6. The van der Waals surface area contributed by atoms with Crippen LogP contribution in [0.3, 0.4) is 0 Å². The molecule has 2 atom stereocenters. The first-order chi connectivity index (χ1) is 25.8. The average molecular weight is 700 g/mol. The monoisotopic (exact) mass is 699 g/mol. The Morgan fingerprint density at radius 2 is 1.04 bits per heavy atom. The number of hydrogen-bond acceptors (Lipinski definition) is 5. The van der Waals surface area contributed by atoms with Crippen LogP contribution in [0.1, 0.15) is 62.0 Å². The van der Waals surface area contributed by atoms with Crippen molar-refractivity contribution in [2.75, 3.05) is 13.2 Å². The summed E-state index contributed by atoms with van der Waals surface area (Å²) in [5.41, 5.74) is 6.34. The molecule has 5 heteroatoms. The number of fused-ring (bicyclic) bond motifs is 1. The number of nitrogens with zero attached hydrogens (tertiary/aromatic N) is 1. The number of carbonyl (C=O) groups is 1. The normalized spacial score (nSPS) is 11.6. The molecule has 0 saturated heterocycles. The lowest BCUT2D eigenvalue weighted by Gasteiger charge is -2.12. The summed E-state index contributed by atoms with van der Waals surface area (Å²) < 4.78 is 17.1. The summed E-state index contributed by atoms with van der Waals surface area (Å²) in [6.45, 7) is 10.1. The first kappa shape index (κ1) is 37.9. The number of nitriles is 1. The predicted octanol–water partition coefficient (Wildman–Crippen LogP) is 11.8. The smallest absolute Gasteiger partial charge is 0.343 e. The minimum absolute atomic E-state index is 0.412. The van der Waals surface area contributed by atoms with Crippen molar-refractivity contribution >= 4 is 16.7 Å². The summed E-state index contributed by atoms with van der Waals surface area (Å²) in [7, 11) is 0. The summed E-state index contributed by atoms with van der Waals surface area (Å²) >= 11 is 0. The maximum Gasteiger partial charge on any atom is 0.343 e. The minimum atomic E-state index is -0.412. The number of benzene rings is 6. The van der Waals surface area contributed by atoms with Gasteiger partial charge >= 0.3 is 5.97 Å². The molecule has 0 aliphatic rings. The Bertz CT molecular complexity index is 2170. The van der Waals surface area contributed by atoms with Crippen LogP contribution in [-0.4, -0.2) is 19.2 Å². The third-order valence-electron chi connectivity index (χ3n) is 9.16. The fourth-order valence-electron chi connectivity index (χ4n) is 5.27. The molecule has 53 heavy (non-hydrogen) atoms. The molecule has 0 amide bonds. The third kappa shape index (κ3) is 10.8. The summed E-state index contributed by atoms with van der Waals surface area (Å²) in [6.07, 6.45) is 7.62. The fraction of sp³-hybridized carbons (Fsp3) is 0.208. The van der Waals surface area contributed by atoms with E-state index in [4.69, 9.17) is 25.9 Å². The van der Waals surface area contributed by atoms with Gasteiger partial charge in [0, 0.05) is 5.56 Å². The topological polar surface area (TPSA) is 68.6 Å². The van der Waals surface area contributed by atoms with E-state index in [0.29, 0.717) is 35.3 Å². The summed E-state index contributed by atoms with van der Waals surface area (Å²) in [5.74, 6) is 5.47. The molecule has 0 spiro atoms. The standard InChI is InChI=1S/C25H23NO3.C23H22O/c1-3-18(2)17-28-23-12-10-22(11-13-23)25(27)29-24-14-8-21(9-15-24)20-6-4-19(16-26)5-7-20;1-4-17(3)16-24-23-13-12-21-14-20(10-11-22(21)15-23)19-8-6-18(5-2)7-9-19/h4-15,18H,3,17H2,1-2H3;2,6-15,17H,4,16H2,1,3H3. The molecule has 0 aliphatic carbocycles. The number of esters is 1. The maximum absolute atomic E-state index is 12.4. The van der Waals surface area contributed by atoms with Gasteiger partial charge in [0.15, 0.2) is 0 Å². The third-order valence-corrected chi connectivity index (χ3v) is 9.16. The highest BCUT2D eigenvalue weighted by molar-refractivity contribution is 5.91. The molecule has 5 nitrogen and oxygen atoms in total. The minimum Gasteiger partial charge on any atom is -0.493 e. The van der Waals surface area contributed by atoms with Gasteiger partial charge in [-0.15, -0.1) is 6.42 Å². The zero-order valence-corrected chi connectivity index (χ0v) is 30.8. The predicted molar refractivity (Wildman–Crippen MR) is 215 cm³/mol. The van der Waals surface area contributed by atoms with Crippen molar-refractivity contribution < 1.29 is 19.0 Å². The van der Waals surface area contributed by atoms with Gasteiger partial charge in [0.1, 0.15) is 17.2 Å². The zero-order chi connectivity index (χ0) is 37.6. The SMILES string of the molecule is C#Cc1ccc(-c2ccc3cc(OCC(C)CC)ccc3c2)cc1.CCC(C)COc1ccc(C(=O)Oc2ccc(-c3ccc(C#N)cc3)cc2)cc1. The number of carbonyl (C=O) groups excluding carboxylic acids is 1. The molecular formula is C48H45NO4. The highest BCUT2D eigenvalue weighted by Crippen LogP contribution is 2.28. The van der Waals surface area contributed by atoms with Crippen molar-refractivity contribution in [3.63, 3.8) is 0 Å². The summed E-state index contributed by atoms with van der Waals surface area (Å²) in [4.78, 5) is 12.4. The van der Waals surface area contributed by atoms with E-state index < -0.39 is 5.97 Å². The van der Waals surface area contributed by atoms with Gasteiger partial charge in [-0.1, -0.05) is 101 Å². The molecule has 6 aromatic carbocycles. The lowest BCUT2D eigenvalue weighted by Crippen LogP contribution is -2.09. The lowest BCUT2D eigenvalue weighted by atomic mass is 10.0. The van der Waals surface area contributed by atoms with E-state index in [1.807, 2.05) is 36.4 Å². The molecule has 0 fully saturated rings.